The van der Waals surface area contributed by atoms with Gasteiger partial charge in [0.15, 0.2) is 5.57 Å². The van der Waals surface area contributed by atoms with Crippen molar-refractivity contribution in [3.63, 3.8) is 0 Å². The Hall–Kier alpha value is -3.45. The van der Waals surface area contributed by atoms with Gasteiger partial charge in [0, 0.05) is 30.4 Å². The van der Waals surface area contributed by atoms with E-state index >= 15 is 0 Å². The summed E-state index contributed by atoms with van der Waals surface area (Å²) in [6.07, 6.45) is 1.43. The first-order valence-electron chi connectivity index (χ1n) is 10.0. The normalized spacial score (nSPS) is 12.7. The Morgan fingerprint density at radius 1 is 1.28 bits per heavy atom. The van der Waals surface area contributed by atoms with Crippen LogP contribution in [-0.4, -0.2) is 22.9 Å². The van der Waals surface area contributed by atoms with E-state index in [-0.39, 0.29) is 38.5 Å². The smallest absolute Gasteiger partial charge is 0.270 e. The fraction of sp³-hybridized carbons (Fsp3) is 0.364. The molecule has 8 nitrogen and oxygen atoms in total. The van der Waals surface area contributed by atoms with E-state index < -0.39 is 17.1 Å². The van der Waals surface area contributed by atoms with Gasteiger partial charge in [-0.05, 0) is 32.0 Å². The molecule has 0 radical (unpaired) electrons. The number of rotatable bonds is 6. The molecule has 0 spiro atoms. The first-order valence-corrected chi connectivity index (χ1v) is 10.8. The molecule has 0 aliphatic rings. The number of nitrogens with one attached hydrogen (secondary N) is 3. The summed E-state index contributed by atoms with van der Waals surface area (Å²) in [5.74, 6) is -1.47. The molecule has 2 rings (SSSR count). The Bertz CT molecular complexity index is 1250. The third-order valence-corrected chi connectivity index (χ3v) is 5.51. The van der Waals surface area contributed by atoms with Gasteiger partial charge in [-0.1, -0.05) is 20.8 Å². The molecule has 0 bridgehead atoms. The number of hydrogen-bond acceptors (Lipinski definition) is 6. The minimum atomic E-state index is -0.695. The molecule has 0 saturated heterocycles. The van der Waals surface area contributed by atoms with Crippen LogP contribution < -0.4 is 30.7 Å². The van der Waals surface area contributed by atoms with E-state index in [0.29, 0.717) is 12.2 Å². The Morgan fingerprint density at radius 2 is 1.97 bits per heavy atom. The highest BCUT2D eigenvalue weighted by atomic mass is 32.1. The fourth-order valence-corrected chi connectivity index (χ4v) is 3.69. The molecule has 0 saturated carbocycles. The molecule has 3 N–H and O–H groups in total. The van der Waals surface area contributed by atoms with E-state index in [1.807, 2.05) is 6.07 Å². The molecule has 0 aliphatic heterocycles. The van der Waals surface area contributed by atoms with Crippen molar-refractivity contribution < 1.29 is 14.0 Å². The number of anilines is 2. The second-order valence-electron chi connectivity index (χ2n) is 7.85. The number of carbonyl (C=O) groups excluding carboxylic acids is 2. The zero-order valence-electron chi connectivity index (χ0n) is 18.6. The SMILES string of the molecule is CCNC(=O)/C(C#N)=c1\s/c(=C/Nc2ccc(F)c(NC(=O)C(C)(C)C)c2)c(=O)n1CC. The first-order chi connectivity index (χ1) is 15.0. The Labute approximate surface area is 189 Å². The maximum atomic E-state index is 14.1. The number of amides is 2. The second-order valence-corrected chi connectivity index (χ2v) is 8.89. The monoisotopic (exact) mass is 459 g/mol. The lowest BCUT2D eigenvalue weighted by atomic mass is 9.95. The maximum Gasteiger partial charge on any atom is 0.270 e. The minimum absolute atomic E-state index is 0.0116. The molecule has 0 aliphatic carbocycles. The highest BCUT2D eigenvalue weighted by molar-refractivity contribution is 7.07. The predicted molar refractivity (Wildman–Crippen MR) is 124 cm³/mol. The van der Waals surface area contributed by atoms with Gasteiger partial charge in [-0.3, -0.25) is 19.0 Å². The quantitative estimate of drug-likeness (QED) is 0.608. The Morgan fingerprint density at radius 3 is 2.53 bits per heavy atom. The van der Waals surface area contributed by atoms with Crippen molar-refractivity contribution in [3.05, 3.63) is 43.6 Å². The van der Waals surface area contributed by atoms with Gasteiger partial charge in [-0.15, -0.1) is 11.3 Å². The van der Waals surface area contributed by atoms with Crippen LogP contribution in [0.4, 0.5) is 15.8 Å². The molecule has 1 aromatic carbocycles. The molecule has 1 aromatic heterocycles. The Balaban J connectivity index is 2.48. The average Bonchev–Trinajstić information content (AvgIpc) is 3.03. The summed E-state index contributed by atoms with van der Waals surface area (Å²) >= 11 is 1.01. The van der Waals surface area contributed by atoms with Crippen LogP contribution in [0, 0.1) is 22.6 Å². The molecule has 2 aromatic rings. The van der Waals surface area contributed by atoms with Crippen molar-refractivity contribution in [2.24, 2.45) is 5.41 Å². The van der Waals surface area contributed by atoms with Crippen LogP contribution in [0.5, 0.6) is 0 Å². The number of hydrogen-bond donors (Lipinski definition) is 3. The summed E-state index contributed by atoms with van der Waals surface area (Å²) in [4.78, 5) is 37.1. The number of benzene rings is 1. The summed E-state index contributed by atoms with van der Waals surface area (Å²) in [6, 6.07) is 5.96. The topological polar surface area (TPSA) is 116 Å². The molecule has 10 heteroatoms. The zero-order valence-corrected chi connectivity index (χ0v) is 19.4. The van der Waals surface area contributed by atoms with Crippen LogP contribution in [0.3, 0.4) is 0 Å². The molecular formula is C22H26FN5O3S. The van der Waals surface area contributed by atoms with Crippen LogP contribution in [0.15, 0.2) is 23.0 Å². The van der Waals surface area contributed by atoms with Crippen molar-refractivity contribution in [1.29, 1.82) is 5.26 Å². The van der Waals surface area contributed by atoms with Crippen molar-refractivity contribution in [2.45, 2.75) is 41.2 Å². The van der Waals surface area contributed by atoms with Crippen LogP contribution in [-0.2, 0) is 16.1 Å². The number of nitrogens with zero attached hydrogens (tertiary/aromatic N) is 2. The number of halogens is 1. The number of carbonyl (C=O) groups is 2. The van der Waals surface area contributed by atoms with Crippen molar-refractivity contribution in [3.8, 4) is 6.07 Å². The first kappa shape index (κ1) is 24.8. The predicted octanol–water partition coefficient (Wildman–Crippen LogP) is 1.71. The third-order valence-electron chi connectivity index (χ3n) is 4.38. The second kappa shape index (κ2) is 10.2. The van der Waals surface area contributed by atoms with Gasteiger partial charge < -0.3 is 16.0 Å². The highest BCUT2D eigenvalue weighted by Crippen LogP contribution is 2.23. The number of aromatic nitrogens is 1. The van der Waals surface area contributed by atoms with E-state index in [2.05, 4.69) is 16.0 Å². The lowest BCUT2D eigenvalue weighted by Crippen LogP contribution is -2.34. The molecule has 2 amide bonds. The summed E-state index contributed by atoms with van der Waals surface area (Å²) in [5.41, 5.74) is -0.733. The fourth-order valence-electron chi connectivity index (χ4n) is 2.61. The number of thiazole rings is 1. The van der Waals surface area contributed by atoms with Crippen molar-refractivity contribution >= 4 is 46.3 Å². The molecule has 170 valence electrons. The third kappa shape index (κ3) is 5.62. The molecule has 0 unspecified atom stereocenters. The van der Waals surface area contributed by atoms with E-state index in [1.54, 1.807) is 34.6 Å². The van der Waals surface area contributed by atoms with Crippen molar-refractivity contribution in [2.75, 3.05) is 17.2 Å². The lowest BCUT2D eigenvalue weighted by molar-refractivity contribution is -0.123. The van der Waals surface area contributed by atoms with Gasteiger partial charge in [0.2, 0.25) is 5.91 Å². The van der Waals surface area contributed by atoms with Gasteiger partial charge >= 0.3 is 0 Å². The lowest BCUT2D eigenvalue weighted by Gasteiger charge is -2.18. The average molecular weight is 460 g/mol. The van der Waals surface area contributed by atoms with Crippen LogP contribution in [0.1, 0.15) is 34.6 Å². The van der Waals surface area contributed by atoms with E-state index in [4.69, 9.17) is 0 Å². The summed E-state index contributed by atoms with van der Waals surface area (Å²) in [5, 5.41) is 17.5. The zero-order chi connectivity index (χ0) is 24.1. The van der Waals surface area contributed by atoms with Crippen LogP contribution in [0.2, 0.25) is 0 Å². The van der Waals surface area contributed by atoms with E-state index in [9.17, 15) is 24.0 Å². The summed E-state index contributed by atoms with van der Waals surface area (Å²) < 4.78 is 16.0. The largest absolute Gasteiger partial charge is 0.360 e. The standard InChI is InChI=1S/C22H26FN5O3S/c1-6-25-18(29)14(11-24)20-28(7-2)19(30)17(32-20)12-26-13-8-9-15(23)16(10-13)27-21(31)22(3,4)5/h8-10,12,26H,6-7H2,1-5H3,(H,25,29)(H,27,31)/b17-12+,20-14-. The van der Waals surface area contributed by atoms with Crippen LogP contribution >= 0.6 is 11.3 Å². The van der Waals surface area contributed by atoms with Crippen LogP contribution in [0.25, 0.3) is 11.8 Å². The summed E-state index contributed by atoms with van der Waals surface area (Å²) in [6.45, 7) is 9.26. The van der Waals surface area contributed by atoms with E-state index in [0.717, 1.165) is 11.3 Å². The van der Waals surface area contributed by atoms with Gasteiger partial charge in [0.05, 0.1) is 5.69 Å². The van der Waals surface area contributed by atoms with E-state index in [1.165, 1.54) is 29.0 Å². The molecule has 32 heavy (non-hydrogen) atoms. The van der Waals surface area contributed by atoms with Crippen molar-refractivity contribution in [1.82, 2.24) is 9.88 Å². The summed E-state index contributed by atoms with van der Waals surface area (Å²) in [7, 11) is 0. The molecule has 0 atom stereocenters. The van der Waals surface area contributed by atoms with Gasteiger partial charge in [-0.2, -0.15) is 5.26 Å². The van der Waals surface area contributed by atoms with Gasteiger partial charge in [0.25, 0.3) is 11.5 Å². The highest BCUT2D eigenvalue weighted by Gasteiger charge is 2.22. The van der Waals surface area contributed by atoms with Gasteiger partial charge in [-0.25, -0.2) is 4.39 Å². The minimum Gasteiger partial charge on any atom is -0.360 e. The number of nitriles is 1. The maximum absolute atomic E-state index is 14.1. The van der Waals surface area contributed by atoms with Gasteiger partial charge in [0.1, 0.15) is 21.1 Å². The Kier molecular flexibility index (Phi) is 7.94. The molecular weight excluding hydrogens is 433 g/mol. The molecule has 1 heterocycles. The molecule has 0 fully saturated rings.